The van der Waals surface area contributed by atoms with E-state index < -0.39 is 0 Å². The van der Waals surface area contributed by atoms with Crippen LogP contribution >= 0.6 is 0 Å². The number of benzene rings is 1. The smallest absolute Gasteiger partial charge is 0.103 e. The minimum atomic E-state index is 0.485. The van der Waals surface area contributed by atoms with Gasteiger partial charge >= 0.3 is 0 Å². The van der Waals surface area contributed by atoms with Gasteiger partial charge in [-0.05, 0) is 44.8 Å². The van der Waals surface area contributed by atoms with E-state index in [-0.39, 0.29) is 0 Å². The Hall–Kier alpha value is -2.89. The first-order valence-corrected chi connectivity index (χ1v) is 9.04. The number of fused-ring (bicyclic) bond motifs is 1. The zero-order valence-corrected chi connectivity index (χ0v) is 16.3. The number of nitrogens with zero attached hydrogens (tertiary/aromatic N) is 3. The van der Waals surface area contributed by atoms with Crippen LogP contribution in [0, 0.1) is 12.3 Å². The van der Waals surface area contributed by atoms with Gasteiger partial charge in [0.25, 0.3) is 0 Å². The molecule has 0 aliphatic carbocycles. The van der Waals surface area contributed by atoms with Gasteiger partial charge in [0, 0.05) is 29.6 Å². The maximum atomic E-state index is 8.74. The predicted molar refractivity (Wildman–Crippen MR) is 111 cm³/mol. The minimum absolute atomic E-state index is 0.485. The minimum Gasteiger partial charge on any atom is -0.322 e. The van der Waals surface area contributed by atoms with Gasteiger partial charge < -0.3 is 10.2 Å². The van der Waals surface area contributed by atoms with Crippen LogP contribution in [0.5, 0.6) is 0 Å². The van der Waals surface area contributed by atoms with Crippen molar-refractivity contribution < 1.29 is 5.32 Å². The molecule has 0 unspecified atom stereocenters. The number of nitrogens with one attached hydrogen (secondary N) is 1. The van der Waals surface area contributed by atoms with Crippen molar-refractivity contribution in [3.05, 3.63) is 77.2 Å². The summed E-state index contributed by atoms with van der Waals surface area (Å²) in [4.78, 5) is 11.2. The molecule has 2 aromatic heterocycles. The number of aromatic nitrogens is 2. The normalized spacial score (nSPS) is 12.0. The molecule has 2 heterocycles. The third-order valence-electron chi connectivity index (χ3n) is 4.33. The molecular formula is C22H26N5+. The van der Waals surface area contributed by atoms with Crippen LogP contribution in [0.1, 0.15) is 22.4 Å². The summed E-state index contributed by atoms with van der Waals surface area (Å²) in [5.74, 6) is 0. The first-order valence-electron chi connectivity index (χ1n) is 9.04. The van der Waals surface area contributed by atoms with Crippen molar-refractivity contribution in [3.8, 4) is 0 Å². The summed E-state index contributed by atoms with van der Waals surface area (Å²) >= 11 is 0. The van der Waals surface area contributed by atoms with Gasteiger partial charge in [-0.15, -0.1) is 0 Å². The number of allylic oxidation sites excluding steroid dienone is 1. The molecule has 3 aromatic rings. The second kappa shape index (κ2) is 8.20. The molecule has 0 spiro atoms. The first-order chi connectivity index (χ1) is 13.0. The molecule has 0 amide bonds. The third kappa shape index (κ3) is 4.45. The van der Waals surface area contributed by atoms with E-state index in [1.165, 1.54) is 5.56 Å². The van der Waals surface area contributed by atoms with Crippen molar-refractivity contribution in [2.45, 2.75) is 13.5 Å². The molecule has 0 saturated heterocycles. The van der Waals surface area contributed by atoms with E-state index in [0.717, 1.165) is 40.0 Å². The molecule has 0 bridgehead atoms. The number of aryl methyl sites for hydroxylation is 1. The molecule has 138 valence electrons. The zero-order chi connectivity index (χ0) is 19.4. The van der Waals surface area contributed by atoms with Gasteiger partial charge in [0.15, 0.2) is 0 Å². The van der Waals surface area contributed by atoms with Crippen molar-refractivity contribution in [1.29, 1.82) is 5.41 Å². The molecule has 0 fully saturated rings. The highest BCUT2D eigenvalue weighted by atomic mass is 15.0. The summed E-state index contributed by atoms with van der Waals surface area (Å²) in [5, 5.41) is 10.7. The fourth-order valence-electron chi connectivity index (χ4n) is 3.04. The van der Waals surface area contributed by atoms with E-state index >= 15 is 0 Å². The Balaban J connectivity index is 1.95. The van der Waals surface area contributed by atoms with Crippen molar-refractivity contribution in [1.82, 2.24) is 14.9 Å². The lowest BCUT2D eigenvalue weighted by Crippen LogP contribution is -2.73. The van der Waals surface area contributed by atoms with E-state index in [4.69, 9.17) is 5.41 Å². The summed E-state index contributed by atoms with van der Waals surface area (Å²) < 4.78 is 0. The predicted octanol–water partition coefficient (Wildman–Crippen LogP) is 2.60. The Labute approximate surface area is 160 Å². The van der Waals surface area contributed by atoms with Gasteiger partial charge in [-0.3, -0.25) is 15.4 Å². The molecule has 0 atom stereocenters. The molecule has 0 aliphatic heterocycles. The van der Waals surface area contributed by atoms with Crippen LogP contribution < -0.4 is 5.32 Å². The number of quaternary nitrogens is 1. The summed E-state index contributed by atoms with van der Waals surface area (Å²) in [6.07, 6.45) is 3.79. The van der Waals surface area contributed by atoms with Crippen LogP contribution in [0.3, 0.4) is 0 Å². The van der Waals surface area contributed by atoms with E-state index in [1.807, 2.05) is 62.0 Å². The second-order valence-electron chi connectivity index (χ2n) is 6.94. The third-order valence-corrected chi connectivity index (χ3v) is 4.33. The quantitative estimate of drug-likeness (QED) is 0.664. The summed E-state index contributed by atoms with van der Waals surface area (Å²) in [6, 6.07) is 14.2. The van der Waals surface area contributed by atoms with Crippen LogP contribution in [0.15, 0.2) is 54.9 Å². The fourth-order valence-corrected chi connectivity index (χ4v) is 3.04. The van der Waals surface area contributed by atoms with E-state index in [2.05, 4.69) is 41.1 Å². The van der Waals surface area contributed by atoms with Gasteiger partial charge in [0.05, 0.1) is 29.4 Å². The number of hydrogen-bond donors (Lipinski definition) is 2. The Morgan fingerprint density at radius 3 is 2.48 bits per heavy atom. The fraction of sp³-hybridized carbons (Fsp3) is 0.227. The lowest BCUT2D eigenvalue weighted by Gasteiger charge is -2.12. The molecule has 27 heavy (non-hydrogen) atoms. The monoisotopic (exact) mass is 360 g/mol. The lowest BCUT2D eigenvalue weighted by atomic mass is 9.96. The molecule has 0 aliphatic rings. The second-order valence-corrected chi connectivity index (χ2v) is 6.94. The topological polar surface area (TPSA) is 69.5 Å². The van der Waals surface area contributed by atoms with E-state index in [1.54, 1.807) is 0 Å². The van der Waals surface area contributed by atoms with Crippen LogP contribution in [0.2, 0.25) is 0 Å². The standard InChI is InChI=1S/C22H25N5/c1-15-5-10-20-21(26-15)11-18(12-25-20)19(13-24-2)22(23)17-8-6-16(7-9-17)14-27(3)4/h5-13,23-24H,14H2,1-4H3/p+1. The summed E-state index contributed by atoms with van der Waals surface area (Å²) in [7, 11) is 6.07. The van der Waals surface area contributed by atoms with Crippen LogP contribution in [0.25, 0.3) is 16.6 Å². The Morgan fingerprint density at radius 1 is 1.07 bits per heavy atom. The highest BCUT2D eigenvalue weighted by Gasteiger charge is 2.14. The molecule has 1 aromatic carbocycles. The van der Waals surface area contributed by atoms with E-state index in [0.29, 0.717) is 5.71 Å². The zero-order valence-electron chi connectivity index (χ0n) is 16.3. The summed E-state index contributed by atoms with van der Waals surface area (Å²) in [6.45, 7) is 2.86. The lowest BCUT2D eigenvalue weighted by molar-refractivity contribution is -0.555. The van der Waals surface area contributed by atoms with Gasteiger partial charge in [-0.25, -0.2) is 0 Å². The number of rotatable bonds is 6. The molecule has 0 radical (unpaired) electrons. The molecular weight excluding hydrogens is 334 g/mol. The SMILES string of the molecule is C[NH2+]C=C(C(=N)c1ccc(CN(C)C)cc1)c1cnc2ccc(C)nc2c1. The Bertz CT molecular complexity index is 987. The van der Waals surface area contributed by atoms with Crippen LogP contribution in [-0.4, -0.2) is 41.7 Å². The van der Waals surface area contributed by atoms with E-state index in [9.17, 15) is 0 Å². The number of pyridine rings is 2. The highest BCUT2D eigenvalue weighted by molar-refractivity contribution is 6.30. The highest BCUT2D eigenvalue weighted by Crippen LogP contribution is 2.22. The van der Waals surface area contributed by atoms with Crippen molar-refractivity contribution in [3.63, 3.8) is 0 Å². The maximum absolute atomic E-state index is 8.74. The van der Waals surface area contributed by atoms with Gasteiger partial charge in [-0.2, -0.15) is 0 Å². The number of nitrogens with two attached hydrogens (primary N) is 1. The average Bonchev–Trinajstić information content (AvgIpc) is 2.65. The first kappa shape index (κ1) is 18.9. The van der Waals surface area contributed by atoms with Crippen LogP contribution in [-0.2, 0) is 6.54 Å². The molecule has 5 heteroatoms. The van der Waals surface area contributed by atoms with Crippen molar-refractivity contribution in [2.24, 2.45) is 0 Å². The molecule has 3 rings (SSSR count). The van der Waals surface area contributed by atoms with Crippen molar-refractivity contribution >= 4 is 22.3 Å². The Kier molecular flexibility index (Phi) is 5.74. The van der Waals surface area contributed by atoms with Gasteiger partial charge in [-0.1, -0.05) is 24.3 Å². The average molecular weight is 360 g/mol. The number of hydrogen-bond acceptors (Lipinski definition) is 4. The Morgan fingerprint density at radius 2 is 1.81 bits per heavy atom. The molecule has 0 saturated carbocycles. The molecule has 5 nitrogen and oxygen atoms in total. The van der Waals surface area contributed by atoms with Gasteiger partial charge in [0.1, 0.15) is 6.20 Å². The van der Waals surface area contributed by atoms with Crippen molar-refractivity contribution in [2.75, 3.05) is 21.1 Å². The molecule has 3 N–H and O–H groups in total. The van der Waals surface area contributed by atoms with Crippen LogP contribution in [0.4, 0.5) is 0 Å². The largest absolute Gasteiger partial charge is 0.322 e. The maximum Gasteiger partial charge on any atom is 0.103 e. The van der Waals surface area contributed by atoms with Gasteiger partial charge in [0.2, 0.25) is 0 Å². The summed E-state index contributed by atoms with van der Waals surface area (Å²) in [5.41, 5.74) is 7.03.